The number of fused-ring (bicyclic) bond motifs is 4. The standard InChI is InChI=1S/C21H28N2O.C13H10.2CHNO/c1-5-22(6-2)19-16-12-15-18(20(19)23(7-3)8-4)21(24)17-13-10-9-11-14-17;1-9-5-4-8-12-10-6-2-3-7-11(10)13(9)12;2*2-1-3/h9-16H,5-8H2,1-4H3;2-8H,1H3;2*2H. The van der Waals surface area contributed by atoms with Crippen LogP contribution in [-0.2, 0) is 9.59 Å². The predicted octanol–water partition coefficient (Wildman–Crippen LogP) is 8.05. The van der Waals surface area contributed by atoms with Crippen LogP contribution < -0.4 is 9.80 Å². The molecule has 2 N–H and O–H groups in total. The van der Waals surface area contributed by atoms with Gasteiger partial charge in [-0.15, -0.1) is 0 Å². The predicted molar refractivity (Wildman–Crippen MR) is 176 cm³/mol. The number of benzene rings is 4. The average molecular weight is 577 g/mol. The molecule has 0 saturated carbocycles. The van der Waals surface area contributed by atoms with Crippen molar-refractivity contribution in [3.05, 3.63) is 108 Å². The molecule has 4 aromatic rings. The zero-order chi connectivity index (χ0) is 31.8. The van der Waals surface area contributed by atoms with E-state index < -0.39 is 0 Å². The number of isocyanates is 2. The van der Waals surface area contributed by atoms with Gasteiger partial charge in [-0.1, -0.05) is 78.9 Å². The molecule has 0 bridgehead atoms. The maximum atomic E-state index is 13.1. The highest BCUT2D eigenvalue weighted by molar-refractivity contribution is 6.14. The maximum Gasteiger partial charge on any atom is 0.231 e. The van der Waals surface area contributed by atoms with Crippen molar-refractivity contribution >= 4 is 29.3 Å². The Morgan fingerprint density at radius 2 is 1.12 bits per heavy atom. The summed E-state index contributed by atoms with van der Waals surface area (Å²) in [6.45, 7) is 14.4. The van der Waals surface area contributed by atoms with Gasteiger partial charge in [0.25, 0.3) is 0 Å². The number of rotatable bonds is 8. The van der Waals surface area contributed by atoms with Crippen molar-refractivity contribution in [2.24, 2.45) is 0 Å². The van der Waals surface area contributed by atoms with Crippen molar-refractivity contribution in [3.8, 4) is 22.3 Å². The summed E-state index contributed by atoms with van der Waals surface area (Å²) in [5.41, 5.74) is 10.8. The van der Waals surface area contributed by atoms with Crippen molar-refractivity contribution in [1.29, 1.82) is 10.8 Å². The molecule has 7 nitrogen and oxygen atoms in total. The molecule has 7 heteroatoms. The summed E-state index contributed by atoms with van der Waals surface area (Å²) in [5, 5.41) is 10.8. The molecule has 0 heterocycles. The van der Waals surface area contributed by atoms with Crippen molar-refractivity contribution in [1.82, 2.24) is 0 Å². The lowest BCUT2D eigenvalue weighted by Crippen LogP contribution is -2.30. The highest BCUT2D eigenvalue weighted by Gasteiger charge is 2.23. The number of hydrogen-bond acceptors (Lipinski definition) is 7. The summed E-state index contributed by atoms with van der Waals surface area (Å²) in [6, 6.07) is 30.7. The van der Waals surface area contributed by atoms with Gasteiger partial charge >= 0.3 is 0 Å². The van der Waals surface area contributed by atoms with Gasteiger partial charge in [0.2, 0.25) is 12.2 Å². The number of carbonyl (C=O) groups is 1. The van der Waals surface area contributed by atoms with Gasteiger partial charge in [0.15, 0.2) is 5.78 Å². The first-order valence-electron chi connectivity index (χ1n) is 14.4. The van der Waals surface area contributed by atoms with Crippen LogP contribution in [0.5, 0.6) is 0 Å². The molecule has 0 fully saturated rings. The van der Waals surface area contributed by atoms with Crippen LogP contribution in [0.15, 0.2) is 91.0 Å². The maximum absolute atomic E-state index is 13.1. The fraction of sp³-hybridized carbons (Fsp3) is 0.250. The largest absolute Gasteiger partial charge is 0.370 e. The highest BCUT2D eigenvalue weighted by Crippen LogP contribution is 2.48. The minimum absolute atomic E-state index is 0.0894. The molecule has 222 valence electrons. The summed E-state index contributed by atoms with van der Waals surface area (Å²) in [6.07, 6.45) is 1.50. The molecule has 0 aromatic heterocycles. The number of hydrogen-bond donors (Lipinski definition) is 2. The number of nitrogens with zero attached hydrogens (tertiary/aromatic N) is 2. The first kappa shape index (κ1) is 34.1. The molecule has 1 aliphatic carbocycles. The Morgan fingerprint density at radius 1 is 0.628 bits per heavy atom. The second-order valence-electron chi connectivity index (χ2n) is 9.46. The van der Waals surface area contributed by atoms with Crippen LogP contribution in [-0.4, -0.2) is 44.1 Å². The van der Waals surface area contributed by atoms with Crippen molar-refractivity contribution < 1.29 is 14.4 Å². The van der Waals surface area contributed by atoms with E-state index >= 15 is 0 Å². The summed E-state index contributed by atoms with van der Waals surface area (Å²) < 4.78 is 0. The van der Waals surface area contributed by atoms with Gasteiger partial charge in [0.1, 0.15) is 0 Å². The zero-order valence-corrected chi connectivity index (χ0v) is 25.6. The summed E-state index contributed by atoms with van der Waals surface area (Å²) in [7, 11) is 0. The van der Waals surface area contributed by atoms with Crippen LogP contribution in [0, 0.1) is 17.7 Å². The van der Waals surface area contributed by atoms with Crippen LogP contribution in [0.1, 0.15) is 49.2 Å². The number of carbonyl (C=O) groups excluding carboxylic acids is 3. The van der Waals surface area contributed by atoms with Crippen molar-refractivity contribution in [3.63, 3.8) is 0 Å². The molecule has 0 saturated heterocycles. The van der Waals surface area contributed by atoms with E-state index in [2.05, 4.69) is 92.9 Å². The first-order valence-corrected chi connectivity index (χ1v) is 14.4. The molecule has 0 spiro atoms. The fourth-order valence-electron chi connectivity index (χ4n) is 5.27. The van der Waals surface area contributed by atoms with E-state index in [9.17, 15) is 4.79 Å². The Hall–Kier alpha value is -5.09. The molecular formula is C36H40N4O3. The molecule has 0 amide bonds. The van der Waals surface area contributed by atoms with Gasteiger partial charge in [-0.05, 0) is 74.6 Å². The van der Waals surface area contributed by atoms with Gasteiger partial charge in [-0.3, -0.25) is 4.79 Å². The van der Waals surface area contributed by atoms with Crippen LogP contribution in [0.25, 0.3) is 22.3 Å². The lowest BCUT2D eigenvalue weighted by atomic mass is 9.78. The number of aryl methyl sites for hydroxylation is 1. The Bertz CT molecular complexity index is 1530. The lowest BCUT2D eigenvalue weighted by Gasteiger charge is -2.31. The fourth-order valence-corrected chi connectivity index (χ4v) is 5.27. The molecule has 0 atom stereocenters. The number of anilines is 2. The minimum atomic E-state index is 0.0894. The minimum Gasteiger partial charge on any atom is -0.370 e. The molecule has 4 aromatic carbocycles. The Balaban J connectivity index is 0.000000281. The lowest BCUT2D eigenvalue weighted by molar-refractivity contribution is 0.103. The van der Waals surface area contributed by atoms with E-state index in [4.69, 9.17) is 20.4 Å². The first-order chi connectivity index (χ1) is 20.9. The molecule has 43 heavy (non-hydrogen) atoms. The second-order valence-corrected chi connectivity index (χ2v) is 9.46. The average Bonchev–Trinajstić information content (AvgIpc) is 3.02. The van der Waals surface area contributed by atoms with E-state index in [0.717, 1.165) is 60.8 Å². The smallest absolute Gasteiger partial charge is 0.231 e. The van der Waals surface area contributed by atoms with Crippen LogP contribution in [0.2, 0.25) is 0 Å². The van der Waals surface area contributed by atoms with Gasteiger partial charge < -0.3 is 9.80 Å². The normalized spacial score (nSPS) is 9.70. The third-order valence-corrected chi connectivity index (χ3v) is 7.24. The van der Waals surface area contributed by atoms with E-state index in [1.54, 1.807) is 0 Å². The van der Waals surface area contributed by atoms with Crippen LogP contribution in [0.4, 0.5) is 11.4 Å². The Kier molecular flexibility index (Phi) is 14.0. The van der Waals surface area contributed by atoms with Gasteiger partial charge in [0.05, 0.1) is 11.4 Å². The van der Waals surface area contributed by atoms with Crippen molar-refractivity contribution in [2.45, 2.75) is 34.6 Å². The number of ketones is 1. The van der Waals surface area contributed by atoms with Crippen molar-refractivity contribution in [2.75, 3.05) is 36.0 Å². The highest BCUT2D eigenvalue weighted by atomic mass is 16.1. The SMILES string of the molecule is CCN(CC)c1cccc(C(=O)c2ccccc2)c1N(CC)CC.Cc1cccc2c1-c1ccccc1-2.N=C=O.N=C=O. The quantitative estimate of drug-likeness (QED) is 0.110. The number of nitrogens with one attached hydrogen (secondary N) is 2. The Labute approximate surface area is 254 Å². The topological polar surface area (TPSA) is 105 Å². The van der Waals surface area contributed by atoms with Gasteiger partial charge in [-0.2, -0.15) is 0 Å². The third-order valence-electron chi connectivity index (χ3n) is 7.24. The monoisotopic (exact) mass is 576 g/mol. The molecular weight excluding hydrogens is 536 g/mol. The molecule has 0 radical (unpaired) electrons. The zero-order valence-electron chi connectivity index (χ0n) is 25.6. The van der Waals surface area contributed by atoms with Gasteiger partial charge in [0, 0.05) is 37.3 Å². The van der Waals surface area contributed by atoms with Gasteiger partial charge in [-0.25, -0.2) is 20.4 Å². The van der Waals surface area contributed by atoms with E-state index in [-0.39, 0.29) is 5.78 Å². The van der Waals surface area contributed by atoms with Crippen LogP contribution in [0.3, 0.4) is 0 Å². The van der Waals surface area contributed by atoms with E-state index in [1.165, 1.54) is 27.8 Å². The summed E-state index contributed by atoms with van der Waals surface area (Å²) in [4.78, 5) is 34.4. The molecule has 0 unspecified atom stereocenters. The number of para-hydroxylation sites is 1. The van der Waals surface area contributed by atoms with Crippen LogP contribution >= 0.6 is 0 Å². The van der Waals surface area contributed by atoms with E-state index in [0.29, 0.717) is 0 Å². The molecule has 5 rings (SSSR count). The summed E-state index contributed by atoms with van der Waals surface area (Å²) in [5.74, 6) is 0.0894. The Morgan fingerprint density at radius 3 is 1.67 bits per heavy atom. The summed E-state index contributed by atoms with van der Waals surface area (Å²) >= 11 is 0. The van der Waals surface area contributed by atoms with E-state index in [1.807, 2.05) is 42.5 Å². The third kappa shape index (κ3) is 8.23. The molecule has 0 aliphatic heterocycles. The molecule has 1 aliphatic rings. The second kappa shape index (κ2) is 17.7.